The third kappa shape index (κ3) is 3.99. The van der Waals surface area contributed by atoms with E-state index in [2.05, 4.69) is 0 Å². The number of aryl methyl sites for hydroxylation is 1. The summed E-state index contributed by atoms with van der Waals surface area (Å²) in [6.45, 7) is 2.80. The molecule has 0 amide bonds. The zero-order valence-corrected chi connectivity index (χ0v) is 11.3. The molecule has 2 aromatic rings. The summed E-state index contributed by atoms with van der Waals surface area (Å²) in [6.07, 6.45) is 0. The SMILES string of the molecule is Cc1cccc(OCCOc2csc(C(=O)O)c2)c1. The highest BCUT2D eigenvalue weighted by atomic mass is 32.1. The van der Waals surface area contributed by atoms with Crippen LogP contribution in [0.1, 0.15) is 15.2 Å². The molecule has 0 aliphatic rings. The van der Waals surface area contributed by atoms with E-state index in [0.29, 0.717) is 19.0 Å². The first kappa shape index (κ1) is 13.4. The van der Waals surface area contributed by atoms with Crippen LogP contribution in [0.4, 0.5) is 0 Å². The van der Waals surface area contributed by atoms with Gasteiger partial charge in [-0.25, -0.2) is 4.79 Å². The molecule has 0 atom stereocenters. The van der Waals surface area contributed by atoms with Gasteiger partial charge in [0.15, 0.2) is 0 Å². The number of carboxylic acid groups (broad SMARTS) is 1. The Bertz CT molecular complexity index is 562. The fraction of sp³-hybridized carbons (Fsp3) is 0.214. The summed E-state index contributed by atoms with van der Waals surface area (Å²) < 4.78 is 10.9. The van der Waals surface area contributed by atoms with E-state index in [0.717, 1.165) is 22.6 Å². The molecular weight excluding hydrogens is 264 g/mol. The third-order valence-electron chi connectivity index (χ3n) is 2.40. The topological polar surface area (TPSA) is 55.8 Å². The fourth-order valence-electron chi connectivity index (χ4n) is 1.53. The molecule has 0 fully saturated rings. The molecule has 100 valence electrons. The van der Waals surface area contributed by atoms with E-state index in [4.69, 9.17) is 14.6 Å². The van der Waals surface area contributed by atoms with Gasteiger partial charge in [-0.15, -0.1) is 11.3 Å². The Hall–Kier alpha value is -2.01. The molecule has 1 aromatic carbocycles. The zero-order chi connectivity index (χ0) is 13.7. The van der Waals surface area contributed by atoms with Crippen LogP contribution in [0.5, 0.6) is 11.5 Å². The summed E-state index contributed by atoms with van der Waals surface area (Å²) in [5.41, 5.74) is 1.14. The summed E-state index contributed by atoms with van der Waals surface area (Å²) in [5.74, 6) is 0.436. The number of carboxylic acids is 1. The molecule has 0 saturated carbocycles. The van der Waals surface area contributed by atoms with Crippen molar-refractivity contribution in [2.45, 2.75) is 6.92 Å². The number of ether oxygens (including phenoxy) is 2. The molecule has 1 N–H and O–H groups in total. The Balaban J connectivity index is 1.76. The number of hydrogen-bond donors (Lipinski definition) is 1. The Morgan fingerprint density at radius 1 is 1.21 bits per heavy atom. The maximum Gasteiger partial charge on any atom is 0.346 e. The highest BCUT2D eigenvalue weighted by molar-refractivity contribution is 7.12. The minimum Gasteiger partial charge on any atom is -0.490 e. The van der Waals surface area contributed by atoms with Crippen molar-refractivity contribution in [2.24, 2.45) is 0 Å². The molecule has 2 rings (SSSR count). The highest BCUT2D eigenvalue weighted by Gasteiger charge is 2.07. The van der Waals surface area contributed by atoms with Crippen molar-refractivity contribution in [1.29, 1.82) is 0 Å². The van der Waals surface area contributed by atoms with Crippen molar-refractivity contribution in [2.75, 3.05) is 13.2 Å². The van der Waals surface area contributed by atoms with E-state index < -0.39 is 5.97 Å². The van der Waals surface area contributed by atoms with Crippen molar-refractivity contribution >= 4 is 17.3 Å². The lowest BCUT2D eigenvalue weighted by molar-refractivity contribution is 0.0702. The van der Waals surface area contributed by atoms with E-state index in [1.165, 1.54) is 6.07 Å². The van der Waals surface area contributed by atoms with Crippen LogP contribution in [0.15, 0.2) is 35.7 Å². The third-order valence-corrected chi connectivity index (χ3v) is 3.29. The first-order valence-corrected chi connectivity index (χ1v) is 6.67. The van der Waals surface area contributed by atoms with Crippen molar-refractivity contribution < 1.29 is 19.4 Å². The molecule has 0 unspecified atom stereocenters. The van der Waals surface area contributed by atoms with Gasteiger partial charge < -0.3 is 14.6 Å². The van der Waals surface area contributed by atoms with E-state index in [1.54, 1.807) is 5.38 Å². The molecule has 0 radical (unpaired) electrons. The molecule has 1 heterocycles. The van der Waals surface area contributed by atoms with Crippen LogP contribution >= 0.6 is 11.3 Å². The Kier molecular flexibility index (Phi) is 4.41. The predicted molar refractivity (Wildman–Crippen MR) is 73.4 cm³/mol. The van der Waals surface area contributed by atoms with Gasteiger partial charge in [0.2, 0.25) is 0 Å². The fourth-order valence-corrected chi connectivity index (χ4v) is 2.20. The maximum atomic E-state index is 10.7. The lowest BCUT2D eigenvalue weighted by Gasteiger charge is -2.07. The number of rotatable bonds is 6. The van der Waals surface area contributed by atoms with E-state index in [1.807, 2.05) is 31.2 Å². The molecule has 19 heavy (non-hydrogen) atoms. The lowest BCUT2D eigenvalue weighted by Crippen LogP contribution is -2.08. The van der Waals surface area contributed by atoms with Gasteiger partial charge >= 0.3 is 5.97 Å². The number of aromatic carboxylic acids is 1. The van der Waals surface area contributed by atoms with Gasteiger partial charge in [0.1, 0.15) is 29.6 Å². The molecule has 0 aliphatic heterocycles. The monoisotopic (exact) mass is 278 g/mol. The van der Waals surface area contributed by atoms with Gasteiger partial charge in [0.05, 0.1) is 0 Å². The normalized spacial score (nSPS) is 10.2. The molecule has 0 aliphatic carbocycles. The second-order valence-electron chi connectivity index (χ2n) is 3.97. The maximum absolute atomic E-state index is 10.7. The number of benzene rings is 1. The molecule has 0 saturated heterocycles. The van der Waals surface area contributed by atoms with Gasteiger partial charge in [-0.1, -0.05) is 12.1 Å². The van der Waals surface area contributed by atoms with Crippen molar-refractivity contribution in [3.8, 4) is 11.5 Å². The van der Waals surface area contributed by atoms with E-state index in [-0.39, 0.29) is 4.88 Å². The second kappa shape index (κ2) is 6.24. The van der Waals surface area contributed by atoms with Crippen LogP contribution in [-0.4, -0.2) is 24.3 Å². The van der Waals surface area contributed by atoms with Crippen LogP contribution in [0, 0.1) is 6.92 Å². The van der Waals surface area contributed by atoms with Crippen molar-refractivity contribution in [3.05, 3.63) is 46.2 Å². The Labute approximate surface area is 115 Å². The highest BCUT2D eigenvalue weighted by Crippen LogP contribution is 2.21. The molecule has 5 heteroatoms. The minimum atomic E-state index is -0.934. The number of thiophene rings is 1. The molecule has 1 aromatic heterocycles. The van der Waals surface area contributed by atoms with E-state index >= 15 is 0 Å². The van der Waals surface area contributed by atoms with Crippen LogP contribution in [0.2, 0.25) is 0 Å². The van der Waals surface area contributed by atoms with Gasteiger partial charge in [0, 0.05) is 11.4 Å². The number of hydrogen-bond acceptors (Lipinski definition) is 4. The van der Waals surface area contributed by atoms with Crippen LogP contribution in [0.25, 0.3) is 0 Å². The summed E-state index contributed by atoms with van der Waals surface area (Å²) in [6, 6.07) is 9.29. The standard InChI is InChI=1S/C14H14O4S/c1-10-3-2-4-11(7-10)17-5-6-18-12-8-13(14(15)16)19-9-12/h2-4,7-9H,5-6H2,1H3,(H,15,16). The molecular formula is C14H14O4S. The summed E-state index contributed by atoms with van der Waals surface area (Å²) >= 11 is 1.15. The lowest BCUT2D eigenvalue weighted by atomic mass is 10.2. The van der Waals surface area contributed by atoms with Crippen LogP contribution in [0.3, 0.4) is 0 Å². The Morgan fingerprint density at radius 3 is 2.58 bits per heavy atom. The van der Waals surface area contributed by atoms with Crippen molar-refractivity contribution in [3.63, 3.8) is 0 Å². The zero-order valence-electron chi connectivity index (χ0n) is 10.5. The first-order chi connectivity index (χ1) is 9.15. The predicted octanol–water partition coefficient (Wildman–Crippen LogP) is 3.21. The smallest absolute Gasteiger partial charge is 0.346 e. The average molecular weight is 278 g/mol. The molecule has 4 nitrogen and oxygen atoms in total. The summed E-state index contributed by atoms with van der Waals surface area (Å²) in [7, 11) is 0. The van der Waals surface area contributed by atoms with Gasteiger partial charge in [-0.3, -0.25) is 0 Å². The van der Waals surface area contributed by atoms with Crippen molar-refractivity contribution in [1.82, 2.24) is 0 Å². The Morgan fingerprint density at radius 2 is 1.95 bits per heavy atom. The van der Waals surface area contributed by atoms with Gasteiger partial charge in [-0.2, -0.15) is 0 Å². The van der Waals surface area contributed by atoms with E-state index in [9.17, 15) is 4.79 Å². The largest absolute Gasteiger partial charge is 0.490 e. The van der Waals surface area contributed by atoms with Gasteiger partial charge in [0.25, 0.3) is 0 Å². The van der Waals surface area contributed by atoms with Crippen LogP contribution in [-0.2, 0) is 0 Å². The number of carbonyl (C=O) groups is 1. The molecule has 0 bridgehead atoms. The average Bonchev–Trinajstić information content (AvgIpc) is 2.84. The summed E-state index contributed by atoms with van der Waals surface area (Å²) in [5, 5.41) is 10.5. The molecule has 0 spiro atoms. The first-order valence-electron chi connectivity index (χ1n) is 5.79. The van der Waals surface area contributed by atoms with Crippen LogP contribution < -0.4 is 9.47 Å². The van der Waals surface area contributed by atoms with Gasteiger partial charge in [-0.05, 0) is 24.6 Å². The quantitative estimate of drug-likeness (QED) is 0.824. The minimum absolute atomic E-state index is 0.273. The summed E-state index contributed by atoms with van der Waals surface area (Å²) in [4.78, 5) is 11.0. The second-order valence-corrected chi connectivity index (χ2v) is 4.88.